The lowest BCUT2D eigenvalue weighted by molar-refractivity contribution is -0.141. The quantitative estimate of drug-likeness (QED) is 0.677. The molecular weight excluding hydrogens is 274 g/mol. The van der Waals surface area contributed by atoms with Crippen LogP contribution in [0.4, 0.5) is 4.79 Å². The minimum Gasteiger partial charge on any atom is -0.480 e. The van der Waals surface area contributed by atoms with Crippen LogP contribution < -0.4 is 11.1 Å². The van der Waals surface area contributed by atoms with Gasteiger partial charge in [-0.15, -0.1) is 0 Å². The van der Waals surface area contributed by atoms with Gasteiger partial charge in [0, 0.05) is 13.1 Å². The van der Waals surface area contributed by atoms with Crippen molar-refractivity contribution in [1.29, 1.82) is 0 Å². The van der Waals surface area contributed by atoms with E-state index in [9.17, 15) is 14.4 Å². The highest BCUT2D eigenvalue weighted by Crippen LogP contribution is 2.28. The molecule has 0 saturated heterocycles. The van der Waals surface area contributed by atoms with Gasteiger partial charge in [0.05, 0.1) is 6.42 Å². The first-order chi connectivity index (χ1) is 9.85. The van der Waals surface area contributed by atoms with E-state index in [0.717, 1.165) is 38.0 Å². The van der Waals surface area contributed by atoms with Crippen LogP contribution in [0.2, 0.25) is 0 Å². The molecule has 1 atom stereocenters. The van der Waals surface area contributed by atoms with Crippen molar-refractivity contribution in [2.24, 2.45) is 11.7 Å². The lowest BCUT2D eigenvalue weighted by Crippen LogP contribution is -2.51. The third-order valence-corrected chi connectivity index (χ3v) is 4.26. The van der Waals surface area contributed by atoms with Gasteiger partial charge in [-0.25, -0.2) is 9.59 Å². The van der Waals surface area contributed by atoms with Gasteiger partial charge in [-0.2, -0.15) is 0 Å². The highest BCUT2D eigenvalue weighted by molar-refractivity contribution is 5.87. The number of carbonyl (C=O) groups is 3. The predicted octanol–water partition coefficient (Wildman–Crippen LogP) is 0.925. The van der Waals surface area contributed by atoms with Gasteiger partial charge in [0.2, 0.25) is 5.91 Å². The van der Waals surface area contributed by atoms with Crippen LogP contribution in [-0.2, 0) is 9.59 Å². The number of nitrogens with two attached hydrogens (primary N) is 1. The van der Waals surface area contributed by atoms with Crippen molar-refractivity contribution in [2.75, 3.05) is 7.05 Å². The van der Waals surface area contributed by atoms with E-state index in [1.165, 1.54) is 0 Å². The second-order valence-electron chi connectivity index (χ2n) is 5.70. The Balaban J connectivity index is 2.53. The van der Waals surface area contributed by atoms with E-state index in [0.29, 0.717) is 0 Å². The number of nitrogens with zero attached hydrogens (tertiary/aromatic N) is 1. The molecule has 0 spiro atoms. The van der Waals surface area contributed by atoms with Crippen LogP contribution in [-0.4, -0.2) is 47.0 Å². The first-order valence-electron chi connectivity index (χ1n) is 7.39. The van der Waals surface area contributed by atoms with Crippen molar-refractivity contribution in [3.05, 3.63) is 0 Å². The Morgan fingerprint density at radius 3 is 2.29 bits per heavy atom. The maximum absolute atomic E-state index is 12.1. The number of rotatable bonds is 6. The van der Waals surface area contributed by atoms with Crippen LogP contribution in [0.25, 0.3) is 0 Å². The normalized spacial score (nSPS) is 23.1. The molecule has 1 aliphatic carbocycles. The summed E-state index contributed by atoms with van der Waals surface area (Å²) in [6.45, 7) is 2.17. The van der Waals surface area contributed by atoms with Crippen molar-refractivity contribution in [3.63, 3.8) is 0 Å². The zero-order valence-corrected chi connectivity index (χ0v) is 12.7. The lowest BCUT2D eigenvalue weighted by Gasteiger charge is -2.34. The zero-order valence-electron chi connectivity index (χ0n) is 12.7. The monoisotopic (exact) mass is 299 g/mol. The maximum Gasteiger partial charge on any atom is 0.326 e. The molecule has 4 N–H and O–H groups in total. The van der Waals surface area contributed by atoms with Crippen LogP contribution in [0.5, 0.6) is 0 Å². The molecule has 1 fully saturated rings. The summed E-state index contributed by atoms with van der Waals surface area (Å²) in [6.07, 6.45) is 4.77. The number of hydrogen-bond acceptors (Lipinski definition) is 3. The summed E-state index contributed by atoms with van der Waals surface area (Å²) >= 11 is 0. The van der Waals surface area contributed by atoms with E-state index in [4.69, 9.17) is 10.8 Å². The molecule has 1 unspecified atom stereocenters. The van der Waals surface area contributed by atoms with E-state index >= 15 is 0 Å². The number of carboxylic acids is 1. The molecule has 0 aromatic carbocycles. The standard InChI is InChI=1S/C14H25N3O4/c1-3-9-4-6-10(7-5-9)17(2)14(21)16-11(13(19)20)8-12(15)18/h9-11H,3-8H2,1-2H3,(H2,15,18)(H,16,21)(H,19,20). The Kier molecular flexibility index (Phi) is 6.45. The minimum absolute atomic E-state index is 0.121. The number of hydrogen-bond donors (Lipinski definition) is 3. The van der Waals surface area contributed by atoms with Crippen molar-refractivity contribution < 1.29 is 19.5 Å². The number of aliphatic carboxylic acids is 1. The van der Waals surface area contributed by atoms with Gasteiger partial charge in [0.25, 0.3) is 0 Å². The molecule has 0 bridgehead atoms. The minimum atomic E-state index is -1.27. The average molecular weight is 299 g/mol. The summed E-state index contributed by atoms with van der Waals surface area (Å²) in [5.41, 5.74) is 4.99. The van der Waals surface area contributed by atoms with Gasteiger partial charge < -0.3 is 21.1 Å². The molecule has 0 aromatic heterocycles. The maximum atomic E-state index is 12.1. The SMILES string of the molecule is CCC1CCC(N(C)C(=O)NC(CC(N)=O)C(=O)O)CC1. The molecule has 0 aliphatic heterocycles. The summed E-state index contributed by atoms with van der Waals surface area (Å²) in [7, 11) is 1.66. The summed E-state index contributed by atoms with van der Waals surface area (Å²) in [5, 5.41) is 11.3. The number of urea groups is 1. The first kappa shape index (κ1) is 17.3. The summed E-state index contributed by atoms with van der Waals surface area (Å²) in [4.78, 5) is 35.5. The van der Waals surface area contributed by atoms with E-state index in [1.54, 1.807) is 11.9 Å². The second-order valence-corrected chi connectivity index (χ2v) is 5.70. The Bertz CT molecular complexity index is 392. The van der Waals surface area contributed by atoms with Crippen LogP contribution in [0.1, 0.15) is 45.4 Å². The van der Waals surface area contributed by atoms with Gasteiger partial charge in [-0.05, 0) is 31.6 Å². The molecule has 0 aromatic rings. The molecule has 1 rings (SSSR count). The van der Waals surface area contributed by atoms with E-state index in [1.807, 2.05) is 0 Å². The van der Waals surface area contributed by atoms with E-state index in [2.05, 4.69) is 12.2 Å². The number of carboxylic acid groups (broad SMARTS) is 1. The molecule has 7 nitrogen and oxygen atoms in total. The third-order valence-electron chi connectivity index (χ3n) is 4.26. The summed E-state index contributed by atoms with van der Waals surface area (Å²) in [6, 6.07) is -1.62. The zero-order chi connectivity index (χ0) is 16.0. The average Bonchev–Trinajstić information content (AvgIpc) is 2.45. The smallest absolute Gasteiger partial charge is 0.326 e. The number of nitrogens with one attached hydrogen (secondary N) is 1. The molecular formula is C14H25N3O4. The fraction of sp³-hybridized carbons (Fsp3) is 0.786. The van der Waals surface area contributed by atoms with Gasteiger partial charge in [0.1, 0.15) is 6.04 Å². The molecule has 1 saturated carbocycles. The molecule has 0 heterocycles. The fourth-order valence-corrected chi connectivity index (χ4v) is 2.76. The van der Waals surface area contributed by atoms with Crippen molar-refractivity contribution in [1.82, 2.24) is 10.2 Å². The Morgan fingerprint density at radius 1 is 1.29 bits per heavy atom. The van der Waals surface area contributed by atoms with Crippen LogP contribution in [0.3, 0.4) is 0 Å². The molecule has 120 valence electrons. The van der Waals surface area contributed by atoms with Gasteiger partial charge in [-0.3, -0.25) is 4.79 Å². The largest absolute Gasteiger partial charge is 0.480 e. The predicted molar refractivity (Wildman–Crippen MR) is 77.6 cm³/mol. The number of primary amides is 1. The molecule has 21 heavy (non-hydrogen) atoms. The van der Waals surface area contributed by atoms with Crippen molar-refractivity contribution in [3.8, 4) is 0 Å². The van der Waals surface area contributed by atoms with Gasteiger partial charge >= 0.3 is 12.0 Å². The second kappa shape index (κ2) is 7.85. The van der Waals surface area contributed by atoms with E-state index < -0.39 is 30.4 Å². The number of carbonyl (C=O) groups excluding carboxylic acids is 2. The van der Waals surface area contributed by atoms with Crippen LogP contribution in [0, 0.1) is 5.92 Å². The van der Waals surface area contributed by atoms with Gasteiger partial charge in [0.15, 0.2) is 0 Å². The third kappa shape index (κ3) is 5.24. The molecule has 7 heteroatoms. The Labute approximate surface area is 124 Å². The summed E-state index contributed by atoms with van der Waals surface area (Å²) < 4.78 is 0. The van der Waals surface area contributed by atoms with Crippen molar-refractivity contribution >= 4 is 17.9 Å². The fourth-order valence-electron chi connectivity index (χ4n) is 2.76. The Morgan fingerprint density at radius 2 is 1.86 bits per heavy atom. The Hall–Kier alpha value is -1.79. The van der Waals surface area contributed by atoms with Crippen molar-refractivity contribution in [2.45, 2.75) is 57.5 Å². The number of amides is 3. The molecule has 1 aliphatic rings. The summed E-state index contributed by atoms with van der Waals surface area (Å²) in [5.74, 6) is -1.29. The molecule has 3 amide bonds. The highest BCUT2D eigenvalue weighted by Gasteiger charge is 2.29. The van der Waals surface area contributed by atoms with Crippen LogP contribution in [0.15, 0.2) is 0 Å². The van der Waals surface area contributed by atoms with Crippen LogP contribution >= 0.6 is 0 Å². The topological polar surface area (TPSA) is 113 Å². The first-order valence-corrected chi connectivity index (χ1v) is 7.39. The molecule has 0 radical (unpaired) electrons. The van der Waals surface area contributed by atoms with E-state index in [-0.39, 0.29) is 6.04 Å². The highest BCUT2D eigenvalue weighted by atomic mass is 16.4. The lowest BCUT2D eigenvalue weighted by atomic mass is 9.84. The van der Waals surface area contributed by atoms with Gasteiger partial charge in [-0.1, -0.05) is 13.3 Å².